The summed E-state index contributed by atoms with van der Waals surface area (Å²) in [5.41, 5.74) is 2.44. The Bertz CT molecular complexity index is 774. The van der Waals surface area contributed by atoms with Crippen LogP contribution in [0.4, 0.5) is 10.1 Å². The van der Waals surface area contributed by atoms with Crippen LogP contribution in [0, 0.1) is 12.7 Å². The standard InChI is InChI=1S/C24H35FN4O2/c1-16-5-6-21(25)20-14-22(27-23(16)20)24(30)26-17-3-2-4-18(13-17)28-8-10-29(11-9-28)19-7-12-31-15-19/h5-6,17-19,22,27H,2-4,7-15H2,1H3,(H,26,30)/t17-,18-,19?,22?/m1/s1. The van der Waals surface area contributed by atoms with Gasteiger partial charge in [0, 0.05) is 68.6 Å². The third-order valence-corrected chi connectivity index (χ3v) is 7.79. The highest BCUT2D eigenvalue weighted by molar-refractivity contribution is 5.88. The molecule has 170 valence electrons. The number of carbonyl (C=O) groups excluding carboxylic acids is 1. The largest absolute Gasteiger partial charge is 0.380 e. The minimum absolute atomic E-state index is 0.00621. The Hall–Kier alpha value is -1.70. The third-order valence-electron chi connectivity index (χ3n) is 7.79. The first-order valence-electron chi connectivity index (χ1n) is 12.0. The van der Waals surface area contributed by atoms with Gasteiger partial charge in [0.15, 0.2) is 0 Å². The molecule has 6 nitrogen and oxygen atoms in total. The van der Waals surface area contributed by atoms with Gasteiger partial charge < -0.3 is 15.4 Å². The SMILES string of the molecule is Cc1ccc(F)c2c1NC(C(=O)N[C@@H]1CCC[C@@H](N3CCN(C4CCOC4)CC3)C1)C2. The number of anilines is 1. The Morgan fingerprint density at radius 1 is 1.13 bits per heavy atom. The molecule has 2 saturated heterocycles. The molecule has 4 atom stereocenters. The van der Waals surface area contributed by atoms with E-state index in [0.29, 0.717) is 24.1 Å². The molecule has 1 aromatic carbocycles. The molecule has 1 saturated carbocycles. The van der Waals surface area contributed by atoms with Crippen molar-refractivity contribution in [3.8, 4) is 0 Å². The van der Waals surface area contributed by atoms with E-state index in [4.69, 9.17) is 4.74 Å². The van der Waals surface area contributed by atoms with Crippen molar-refractivity contribution >= 4 is 11.6 Å². The second-order valence-electron chi connectivity index (χ2n) is 9.73. The average Bonchev–Trinajstić information content (AvgIpc) is 3.48. The molecule has 1 aliphatic carbocycles. The zero-order valence-corrected chi connectivity index (χ0v) is 18.5. The number of nitrogens with zero attached hydrogens (tertiary/aromatic N) is 2. The maximum atomic E-state index is 14.2. The van der Waals surface area contributed by atoms with E-state index in [0.717, 1.165) is 69.9 Å². The second-order valence-corrected chi connectivity index (χ2v) is 9.73. The van der Waals surface area contributed by atoms with Crippen LogP contribution < -0.4 is 10.6 Å². The van der Waals surface area contributed by atoms with Crippen molar-refractivity contribution in [3.63, 3.8) is 0 Å². The van der Waals surface area contributed by atoms with Crippen molar-refractivity contribution in [2.24, 2.45) is 0 Å². The van der Waals surface area contributed by atoms with Crippen LogP contribution in [0.25, 0.3) is 0 Å². The highest BCUT2D eigenvalue weighted by Gasteiger charge is 2.35. The summed E-state index contributed by atoms with van der Waals surface area (Å²) < 4.78 is 19.7. The first-order chi connectivity index (χ1) is 15.1. The minimum Gasteiger partial charge on any atom is -0.380 e. The summed E-state index contributed by atoms with van der Waals surface area (Å²) >= 11 is 0. The van der Waals surface area contributed by atoms with Gasteiger partial charge in [0.25, 0.3) is 0 Å². The number of ether oxygens (including phenoxy) is 1. The molecular weight excluding hydrogens is 395 g/mol. The molecular formula is C24H35FN4O2. The van der Waals surface area contributed by atoms with Crippen LogP contribution in [0.1, 0.15) is 43.2 Å². The lowest BCUT2D eigenvalue weighted by molar-refractivity contribution is -0.122. The maximum absolute atomic E-state index is 14.2. The lowest BCUT2D eigenvalue weighted by atomic mass is 9.89. The number of hydrogen-bond acceptors (Lipinski definition) is 5. The molecule has 3 heterocycles. The van der Waals surface area contributed by atoms with Gasteiger partial charge in [-0.25, -0.2) is 4.39 Å². The molecule has 2 unspecified atom stereocenters. The van der Waals surface area contributed by atoms with E-state index < -0.39 is 0 Å². The number of carbonyl (C=O) groups is 1. The summed E-state index contributed by atoms with van der Waals surface area (Å²) in [5, 5.41) is 6.54. The molecule has 7 heteroatoms. The van der Waals surface area contributed by atoms with E-state index in [1.165, 1.54) is 18.9 Å². The minimum atomic E-state index is -0.372. The molecule has 31 heavy (non-hydrogen) atoms. The molecule has 1 amide bonds. The molecule has 5 rings (SSSR count). The number of amides is 1. The van der Waals surface area contributed by atoms with Crippen LogP contribution in [0.3, 0.4) is 0 Å². The van der Waals surface area contributed by atoms with Gasteiger partial charge in [0.05, 0.1) is 6.61 Å². The molecule has 3 aliphatic heterocycles. The Morgan fingerprint density at radius 3 is 2.61 bits per heavy atom. The zero-order valence-electron chi connectivity index (χ0n) is 18.5. The van der Waals surface area contributed by atoms with Crippen LogP contribution in [-0.4, -0.2) is 79.3 Å². The third kappa shape index (κ3) is 4.45. The van der Waals surface area contributed by atoms with Crippen LogP contribution >= 0.6 is 0 Å². The van der Waals surface area contributed by atoms with Gasteiger partial charge in [-0.3, -0.25) is 14.6 Å². The van der Waals surface area contributed by atoms with E-state index >= 15 is 0 Å². The van der Waals surface area contributed by atoms with Crippen molar-refractivity contribution in [1.82, 2.24) is 15.1 Å². The second kappa shape index (κ2) is 9.04. The Balaban J connectivity index is 1.12. The summed E-state index contributed by atoms with van der Waals surface area (Å²) in [5.74, 6) is -0.212. The summed E-state index contributed by atoms with van der Waals surface area (Å²) in [6.07, 6.45) is 6.02. The predicted octanol–water partition coefficient (Wildman–Crippen LogP) is 2.30. The number of hydrogen-bond donors (Lipinski definition) is 2. The Kier molecular flexibility index (Phi) is 6.17. The maximum Gasteiger partial charge on any atom is 0.243 e. The Morgan fingerprint density at radius 2 is 1.90 bits per heavy atom. The fraction of sp³-hybridized carbons (Fsp3) is 0.708. The monoisotopic (exact) mass is 430 g/mol. The van der Waals surface area contributed by atoms with Crippen LogP contribution in [0.2, 0.25) is 0 Å². The average molecular weight is 431 g/mol. The molecule has 3 fully saturated rings. The van der Waals surface area contributed by atoms with Crippen molar-refractivity contribution < 1.29 is 13.9 Å². The smallest absolute Gasteiger partial charge is 0.243 e. The van der Waals surface area contributed by atoms with E-state index in [9.17, 15) is 9.18 Å². The molecule has 0 spiro atoms. The van der Waals surface area contributed by atoms with Crippen molar-refractivity contribution in [2.45, 2.75) is 69.6 Å². The summed E-state index contributed by atoms with van der Waals surface area (Å²) in [7, 11) is 0. The first-order valence-corrected chi connectivity index (χ1v) is 12.0. The highest BCUT2D eigenvalue weighted by atomic mass is 19.1. The quantitative estimate of drug-likeness (QED) is 0.768. The number of benzene rings is 1. The Labute approximate surface area is 184 Å². The first kappa shape index (κ1) is 21.2. The van der Waals surface area contributed by atoms with Gasteiger partial charge in [-0.05, 0) is 50.7 Å². The van der Waals surface area contributed by atoms with Crippen molar-refractivity contribution in [2.75, 3.05) is 44.7 Å². The molecule has 0 radical (unpaired) electrons. The lowest BCUT2D eigenvalue weighted by Crippen LogP contribution is -2.55. The molecule has 4 aliphatic rings. The predicted molar refractivity (Wildman–Crippen MR) is 119 cm³/mol. The molecule has 0 aromatic heterocycles. The number of fused-ring (bicyclic) bond motifs is 1. The molecule has 0 bridgehead atoms. The van der Waals surface area contributed by atoms with Crippen LogP contribution in [0.15, 0.2) is 12.1 Å². The van der Waals surface area contributed by atoms with E-state index in [1.54, 1.807) is 6.07 Å². The van der Waals surface area contributed by atoms with Gasteiger partial charge in [0.1, 0.15) is 11.9 Å². The fourth-order valence-electron chi connectivity index (χ4n) is 5.93. The summed E-state index contributed by atoms with van der Waals surface area (Å²) in [6.45, 7) is 8.21. The molecule has 1 aromatic rings. The zero-order chi connectivity index (χ0) is 21.4. The number of halogens is 1. The van der Waals surface area contributed by atoms with E-state index in [1.807, 2.05) is 6.92 Å². The van der Waals surface area contributed by atoms with Crippen molar-refractivity contribution in [3.05, 3.63) is 29.1 Å². The number of aryl methyl sites for hydroxylation is 1. The van der Waals surface area contributed by atoms with Gasteiger partial charge in [-0.2, -0.15) is 0 Å². The summed E-state index contributed by atoms with van der Waals surface area (Å²) in [6, 6.07) is 4.27. The van der Waals surface area contributed by atoms with E-state index in [-0.39, 0.29) is 23.8 Å². The topological polar surface area (TPSA) is 56.8 Å². The number of rotatable bonds is 4. The molecule has 2 N–H and O–H groups in total. The normalized spacial score (nSPS) is 31.9. The van der Waals surface area contributed by atoms with Crippen molar-refractivity contribution in [1.29, 1.82) is 0 Å². The van der Waals surface area contributed by atoms with Crippen LogP contribution in [-0.2, 0) is 16.0 Å². The summed E-state index contributed by atoms with van der Waals surface area (Å²) in [4.78, 5) is 18.2. The lowest BCUT2D eigenvalue weighted by Gasteiger charge is -2.43. The van der Waals surface area contributed by atoms with Gasteiger partial charge >= 0.3 is 0 Å². The van der Waals surface area contributed by atoms with Gasteiger partial charge in [-0.1, -0.05) is 6.07 Å². The number of piperazine rings is 1. The fourth-order valence-corrected chi connectivity index (χ4v) is 5.93. The van der Waals surface area contributed by atoms with Crippen LogP contribution in [0.5, 0.6) is 0 Å². The highest BCUT2D eigenvalue weighted by Crippen LogP contribution is 2.32. The van der Waals surface area contributed by atoms with Gasteiger partial charge in [0.2, 0.25) is 5.91 Å². The van der Waals surface area contributed by atoms with Gasteiger partial charge in [-0.15, -0.1) is 0 Å². The van der Waals surface area contributed by atoms with E-state index in [2.05, 4.69) is 20.4 Å². The number of nitrogens with one attached hydrogen (secondary N) is 2.